The Hall–Kier alpha value is -3.73. The average molecular weight is 576 g/mol. The van der Waals surface area contributed by atoms with Gasteiger partial charge in [0.15, 0.2) is 11.5 Å². The van der Waals surface area contributed by atoms with Gasteiger partial charge in [-0.1, -0.05) is 6.07 Å². The van der Waals surface area contributed by atoms with E-state index in [0.717, 1.165) is 4.68 Å². The number of amides is 1. The maximum absolute atomic E-state index is 14.1. The molecule has 1 aliphatic rings. The molecule has 41 heavy (non-hydrogen) atoms. The van der Waals surface area contributed by atoms with E-state index >= 15 is 0 Å². The van der Waals surface area contributed by atoms with E-state index in [1.165, 1.54) is 31.1 Å². The van der Waals surface area contributed by atoms with Crippen LogP contribution in [-0.2, 0) is 41.6 Å². The van der Waals surface area contributed by atoms with Gasteiger partial charge >= 0.3 is 6.18 Å². The lowest BCUT2D eigenvalue weighted by molar-refractivity contribution is -0.142. The standard InChI is InChI=1S/C30H33F4N3O4/c1-18-11-19(14-21(31)12-18)13-20(28(39)36(3)22-5-7-24(41-4)8-6-22)15-23(38)17-37-26-9-10-29(2,40)16-25(26)27(35-37)30(32,33)34/h5-8,11-12,14,20,40H,9-10,13,15-17H2,1-4H3. The normalized spacial score (nSPS) is 17.6. The van der Waals surface area contributed by atoms with Crippen molar-refractivity contribution in [2.45, 2.75) is 64.3 Å². The number of fused-ring (bicyclic) bond motifs is 1. The molecule has 0 saturated heterocycles. The van der Waals surface area contributed by atoms with Gasteiger partial charge in [-0.2, -0.15) is 18.3 Å². The van der Waals surface area contributed by atoms with E-state index in [0.29, 0.717) is 22.6 Å². The van der Waals surface area contributed by atoms with Gasteiger partial charge in [0.05, 0.1) is 19.3 Å². The number of aliphatic hydroxyl groups is 1. The first kappa shape index (κ1) is 30.2. The van der Waals surface area contributed by atoms with Crippen molar-refractivity contribution in [3.63, 3.8) is 0 Å². The number of ether oxygens (including phenoxy) is 1. The lowest BCUT2D eigenvalue weighted by Gasteiger charge is -2.29. The van der Waals surface area contributed by atoms with Crippen LogP contribution in [0.25, 0.3) is 0 Å². The molecule has 1 heterocycles. The summed E-state index contributed by atoms with van der Waals surface area (Å²) in [7, 11) is 3.08. The number of nitrogens with zero attached hydrogens (tertiary/aromatic N) is 3. The Labute approximate surface area is 235 Å². The monoisotopic (exact) mass is 575 g/mol. The van der Waals surface area contributed by atoms with Crippen LogP contribution in [0.15, 0.2) is 42.5 Å². The molecular weight excluding hydrogens is 542 g/mol. The molecule has 2 unspecified atom stereocenters. The van der Waals surface area contributed by atoms with Crippen molar-refractivity contribution in [1.29, 1.82) is 0 Å². The van der Waals surface area contributed by atoms with Gasteiger partial charge in [-0.15, -0.1) is 0 Å². The summed E-state index contributed by atoms with van der Waals surface area (Å²) in [5.74, 6) is -1.68. The molecule has 1 amide bonds. The van der Waals surface area contributed by atoms with E-state index in [2.05, 4.69) is 5.10 Å². The molecule has 11 heteroatoms. The van der Waals surface area contributed by atoms with Crippen molar-refractivity contribution in [3.05, 3.63) is 76.4 Å². The molecule has 0 radical (unpaired) electrons. The second kappa shape index (κ2) is 11.6. The van der Waals surface area contributed by atoms with Crippen LogP contribution in [0.4, 0.5) is 23.2 Å². The molecule has 0 fully saturated rings. The minimum atomic E-state index is -4.75. The van der Waals surface area contributed by atoms with Crippen molar-refractivity contribution in [1.82, 2.24) is 9.78 Å². The Morgan fingerprint density at radius 2 is 1.88 bits per heavy atom. The second-order valence-corrected chi connectivity index (χ2v) is 11.0. The molecule has 3 aromatic rings. The highest BCUT2D eigenvalue weighted by Gasteiger charge is 2.43. The van der Waals surface area contributed by atoms with Crippen LogP contribution < -0.4 is 9.64 Å². The van der Waals surface area contributed by atoms with E-state index in [-0.39, 0.29) is 43.4 Å². The summed E-state index contributed by atoms with van der Waals surface area (Å²) in [5.41, 5.74) is -0.541. The van der Waals surface area contributed by atoms with Crippen LogP contribution in [0.2, 0.25) is 0 Å². The Kier molecular flexibility index (Phi) is 8.58. The molecule has 2 atom stereocenters. The second-order valence-electron chi connectivity index (χ2n) is 11.0. The zero-order valence-corrected chi connectivity index (χ0v) is 23.4. The lowest BCUT2D eigenvalue weighted by atomic mass is 9.84. The lowest BCUT2D eigenvalue weighted by Crippen LogP contribution is -2.36. The minimum Gasteiger partial charge on any atom is -0.497 e. The first-order valence-electron chi connectivity index (χ1n) is 13.2. The third kappa shape index (κ3) is 7.13. The third-order valence-corrected chi connectivity index (χ3v) is 7.42. The summed E-state index contributed by atoms with van der Waals surface area (Å²) >= 11 is 0. The molecule has 2 aromatic carbocycles. The van der Waals surface area contributed by atoms with Crippen molar-refractivity contribution in [2.24, 2.45) is 5.92 Å². The van der Waals surface area contributed by atoms with Gasteiger partial charge in [-0.3, -0.25) is 14.3 Å². The number of benzene rings is 2. The number of hydrogen-bond donors (Lipinski definition) is 1. The highest BCUT2D eigenvalue weighted by Crippen LogP contribution is 2.38. The Bertz CT molecular complexity index is 1410. The number of alkyl halides is 3. The summed E-state index contributed by atoms with van der Waals surface area (Å²) in [5, 5.41) is 14.1. The van der Waals surface area contributed by atoms with E-state index < -0.39 is 47.4 Å². The first-order valence-corrected chi connectivity index (χ1v) is 13.2. The van der Waals surface area contributed by atoms with E-state index in [1.807, 2.05) is 0 Å². The topological polar surface area (TPSA) is 84.7 Å². The molecular formula is C30H33F4N3O4. The molecule has 220 valence electrons. The summed E-state index contributed by atoms with van der Waals surface area (Å²) in [6.07, 6.45) is -4.85. The molecule has 1 N–H and O–H groups in total. The first-order chi connectivity index (χ1) is 19.2. The van der Waals surface area contributed by atoms with Gasteiger partial charge in [-0.25, -0.2) is 4.39 Å². The molecule has 7 nitrogen and oxygen atoms in total. The average Bonchev–Trinajstić information content (AvgIpc) is 3.23. The van der Waals surface area contributed by atoms with Crippen molar-refractivity contribution >= 4 is 17.4 Å². The number of carbonyl (C=O) groups is 2. The highest BCUT2D eigenvalue weighted by atomic mass is 19.4. The number of anilines is 1. The number of aromatic nitrogens is 2. The van der Waals surface area contributed by atoms with Crippen molar-refractivity contribution in [2.75, 3.05) is 19.1 Å². The molecule has 0 saturated carbocycles. The van der Waals surface area contributed by atoms with Crippen molar-refractivity contribution in [3.8, 4) is 5.75 Å². The number of halogens is 4. The quantitative estimate of drug-likeness (QED) is 0.360. The van der Waals surface area contributed by atoms with Gasteiger partial charge < -0.3 is 14.7 Å². The Morgan fingerprint density at radius 3 is 2.49 bits per heavy atom. The largest absolute Gasteiger partial charge is 0.497 e. The molecule has 4 rings (SSSR count). The number of hydrogen-bond acceptors (Lipinski definition) is 5. The molecule has 1 aliphatic carbocycles. The fourth-order valence-corrected chi connectivity index (χ4v) is 5.39. The predicted molar refractivity (Wildman–Crippen MR) is 144 cm³/mol. The third-order valence-electron chi connectivity index (χ3n) is 7.42. The van der Waals surface area contributed by atoms with Gasteiger partial charge in [0.2, 0.25) is 5.91 Å². The van der Waals surface area contributed by atoms with E-state index in [4.69, 9.17) is 4.74 Å². The molecule has 0 spiro atoms. The summed E-state index contributed by atoms with van der Waals surface area (Å²) in [6.45, 7) is 2.73. The number of carbonyl (C=O) groups excluding carboxylic acids is 2. The summed E-state index contributed by atoms with van der Waals surface area (Å²) in [6, 6.07) is 11.1. The van der Waals surface area contributed by atoms with E-state index in [1.54, 1.807) is 44.3 Å². The van der Waals surface area contributed by atoms with Gasteiger partial charge in [0.25, 0.3) is 0 Å². The zero-order chi connectivity index (χ0) is 30.1. The smallest absolute Gasteiger partial charge is 0.435 e. The van der Waals surface area contributed by atoms with Crippen LogP contribution in [0, 0.1) is 18.7 Å². The van der Waals surface area contributed by atoms with Gasteiger partial charge in [-0.05, 0) is 80.6 Å². The number of aryl methyl sites for hydroxylation is 1. The Morgan fingerprint density at radius 1 is 1.20 bits per heavy atom. The number of methoxy groups -OCH3 is 1. The van der Waals surface area contributed by atoms with Crippen LogP contribution in [0.1, 0.15) is 47.8 Å². The van der Waals surface area contributed by atoms with Crippen LogP contribution >= 0.6 is 0 Å². The fourth-order valence-electron chi connectivity index (χ4n) is 5.39. The zero-order valence-electron chi connectivity index (χ0n) is 23.4. The van der Waals surface area contributed by atoms with Crippen molar-refractivity contribution < 1.29 is 37.0 Å². The molecule has 0 bridgehead atoms. The predicted octanol–water partition coefficient (Wildman–Crippen LogP) is 5.08. The summed E-state index contributed by atoms with van der Waals surface area (Å²) < 4.78 is 61.7. The van der Waals surface area contributed by atoms with E-state index in [9.17, 15) is 32.3 Å². The fraction of sp³-hybridized carbons (Fsp3) is 0.433. The SMILES string of the molecule is COc1ccc(N(C)C(=O)C(CC(=O)Cn2nc(C(F)(F)F)c3c2CCC(C)(O)C3)Cc2cc(C)cc(F)c2)cc1. The minimum absolute atomic E-state index is 0.0531. The number of Topliss-reactive ketones (excluding diaryl/α,β-unsaturated/α-hetero) is 1. The van der Waals surface area contributed by atoms with Crippen LogP contribution in [0.5, 0.6) is 5.75 Å². The molecule has 1 aromatic heterocycles. The number of rotatable bonds is 9. The number of ketones is 1. The maximum atomic E-state index is 14.1. The maximum Gasteiger partial charge on any atom is 0.435 e. The van der Waals surface area contributed by atoms with Gasteiger partial charge in [0, 0.05) is 42.8 Å². The van der Waals surface area contributed by atoms with Gasteiger partial charge in [0.1, 0.15) is 11.6 Å². The highest BCUT2D eigenvalue weighted by molar-refractivity contribution is 5.97. The van der Waals surface area contributed by atoms with Crippen LogP contribution in [0.3, 0.4) is 0 Å². The summed E-state index contributed by atoms with van der Waals surface area (Å²) in [4.78, 5) is 28.4. The Balaban J connectivity index is 1.61. The molecule has 0 aliphatic heterocycles. The van der Waals surface area contributed by atoms with Crippen LogP contribution in [-0.4, -0.2) is 46.3 Å².